The highest BCUT2D eigenvalue weighted by atomic mass is 32.2. The third kappa shape index (κ3) is 3.60. The van der Waals surface area contributed by atoms with Crippen LogP contribution in [-0.4, -0.2) is 36.4 Å². The molecule has 0 amide bonds. The lowest BCUT2D eigenvalue weighted by molar-refractivity contribution is 0.0773. The normalized spacial score (nSPS) is 15.9. The molecule has 0 spiro atoms. The summed E-state index contributed by atoms with van der Waals surface area (Å²) in [4.78, 5) is 15.4. The number of Topliss-reactive ketones (excluding diaryl/α,β-unsaturated/α-hetero) is 1. The van der Waals surface area contributed by atoms with Gasteiger partial charge < -0.3 is 4.74 Å². The topological polar surface area (TPSA) is 29.5 Å². The summed E-state index contributed by atoms with van der Waals surface area (Å²) in [6, 6.07) is 10.3. The minimum Gasteiger partial charge on any atom is -0.379 e. The second-order valence-corrected chi connectivity index (χ2v) is 7.74. The highest BCUT2D eigenvalue weighted by Gasteiger charge is 2.16. The monoisotopic (exact) mass is 333 g/mol. The maximum atomic E-state index is 11.7. The zero-order valence-electron chi connectivity index (χ0n) is 12.8. The Morgan fingerprint density at radius 2 is 2.00 bits per heavy atom. The van der Waals surface area contributed by atoms with Gasteiger partial charge in [0.2, 0.25) is 0 Å². The summed E-state index contributed by atoms with van der Waals surface area (Å²) >= 11 is 3.53. The number of ether oxygens (including phenoxy) is 1. The number of hydrogen-bond acceptors (Lipinski definition) is 5. The van der Waals surface area contributed by atoms with Crippen LogP contribution in [0, 0.1) is 6.92 Å². The van der Waals surface area contributed by atoms with E-state index in [4.69, 9.17) is 4.74 Å². The van der Waals surface area contributed by atoms with E-state index in [0.29, 0.717) is 0 Å². The van der Waals surface area contributed by atoms with Gasteiger partial charge in [-0.15, -0.1) is 11.3 Å². The maximum Gasteiger partial charge on any atom is 0.159 e. The van der Waals surface area contributed by atoms with E-state index >= 15 is 0 Å². The number of thiophene rings is 1. The number of morpholine rings is 1. The van der Waals surface area contributed by atoms with Crippen LogP contribution in [0.2, 0.25) is 0 Å². The molecule has 2 aromatic rings. The zero-order chi connectivity index (χ0) is 15.5. The van der Waals surface area contributed by atoms with E-state index in [-0.39, 0.29) is 5.78 Å². The van der Waals surface area contributed by atoms with Crippen molar-refractivity contribution in [2.75, 3.05) is 26.3 Å². The molecule has 1 aliphatic heterocycles. The molecule has 0 radical (unpaired) electrons. The van der Waals surface area contributed by atoms with Crippen LogP contribution < -0.4 is 0 Å². The van der Waals surface area contributed by atoms with Crippen LogP contribution in [0.4, 0.5) is 0 Å². The fraction of sp³-hybridized carbons (Fsp3) is 0.353. The van der Waals surface area contributed by atoms with Crippen LogP contribution in [0.15, 0.2) is 35.2 Å². The van der Waals surface area contributed by atoms with Gasteiger partial charge in [0.05, 0.1) is 13.2 Å². The molecule has 1 aromatic carbocycles. The van der Waals surface area contributed by atoms with Gasteiger partial charge in [-0.2, -0.15) is 0 Å². The average molecular weight is 333 g/mol. The molecule has 0 unspecified atom stereocenters. The second kappa shape index (κ2) is 6.96. The summed E-state index contributed by atoms with van der Waals surface area (Å²) in [6.45, 7) is 7.16. The number of ketones is 1. The molecule has 0 bridgehead atoms. The Morgan fingerprint density at radius 1 is 1.23 bits per heavy atom. The lowest BCUT2D eigenvalue weighted by Crippen LogP contribution is -2.30. The fourth-order valence-electron chi connectivity index (χ4n) is 2.38. The first-order valence-electron chi connectivity index (χ1n) is 7.36. The van der Waals surface area contributed by atoms with Crippen molar-refractivity contribution in [3.05, 3.63) is 40.8 Å². The maximum absolute atomic E-state index is 11.7. The SMILES string of the molecule is CC(=O)c1ccc(SN2CCOCC2)c(-c2ccc(C)s2)c1. The molecule has 0 aliphatic carbocycles. The zero-order valence-corrected chi connectivity index (χ0v) is 14.4. The van der Waals surface area contributed by atoms with E-state index in [9.17, 15) is 4.79 Å². The number of nitrogens with zero attached hydrogens (tertiary/aromatic N) is 1. The Balaban J connectivity index is 1.95. The number of aryl methyl sites for hydroxylation is 1. The molecule has 3 rings (SSSR count). The van der Waals surface area contributed by atoms with Gasteiger partial charge in [-0.05, 0) is 50.1 Å². The van der Waals surface area contributed by atoms with Gasteiger partial charge in [0.25, 0.3) is 0 Å². The van der Waals surface area contributed by atoms with Gasteiger partial charge in [0.15, 0.2) is 5.78 Å². The minimum atomic E-state index is 0.109. The van der Waals surface area contributed by atoms with Crippen LogP contribution in [0.3, 0.4) is 0 Å². The van der Waals surface area contributed by atoms with Crippen molar-refractivity contribution in [3.63, 3.8) is 0 Å². The Morgan fingerprint density at radius 3 is 2.64 bits per heavy atom. The summed E-state index contributed by atoms with van der Waals surface area (Å²) in [7, 11) is 0. The molecular formula is C17H19NO2S2. The molecule has 3 nitrogen and oxygen atoms in total. The summed E-state index contributed by atoms with van der Waals surface area (Å²) < 4.78 is 7.74. The van der Waals surface area contributed by atoms with Gasteiger partial charge in [-0.3, -0.25) is 4.79 Å². The molecule has 2 heterocycles. The molecule has 1 saturated heterocycles. The average Bonchev–Trinajstić information content (AvgIpc) is 2.95. The molecule has 22 heavy (non-hydrogen) atoms. The van der Waals surface area contributed by atoms with Crippen LogP contribution in [0.1, 0.15) is 22.2 Å². The van der Waals surface area contributed by atoms with Gasteiger partial charge in [-0.1, -0.05) is 6.07 Å². The second-order valence-electron chi connectivity index (χ2n) is 5.31. The smallest absolute Gasteiger partial charge is 0.159 e. The third-order valence-corrected chi connectivity index (χ3v) is 5.80. The summed E-state index contributed by atoms with van der Waals surface area (Å²) in [5.74, 6) is 0.109. The number of benzene rings is 1. The predicted octanol–water partition coefficient (Wildman–Crippen LogP) is 4.27. The number of carbonyl (C=O) groups excluding carboxylic acids is 1. The number of rotatable bonds is 4. The van der Waals surface area contributed by atoms with Gasteiger partial charge in [0, 0.05) is 38.9 Å². The van der Waals surface area contributed by atoms with E-state index in [0.717, 1.165) is 37.4 Å². The first-order valence-corrected chi connectivity index (χ1v) is 8.95. The molecular weight excluding hydrogens is 314 g/mol. The molecule has 1 fully saturated rings. The van der Waals surface area contributed by atoms with E-state index in [2.05, 4.69) is 29.4 Å². The van der Waals surface area contributed by atoms with Crippen molar-refractivity contribution in [1.82, 2.24) is 4.31 Å². The molecule has 0 atom stereocenters. The van der Waals surface area contributed by atoms with Crippen molar-refractivity contribution in [2.24, 2.45) is 0 Å². The number of carbonyl (C=O) groups is 1. The first-order chi connectivity index (χ1) is 10.6. The fourth-order valence-corrected chi connectivity index (χ4v) is 4.35. The minimum absolute atomic E-state index is 0.109. The molecule has 116 valence electrons. The molecule has 0 N–H and O–H groups in total. The molecule has 1 aliphatic rings. The standard InChI is InChI=1S/C17H19NO2S2/c1-12-3-5-16(21-12)15-11-14(13(2)19)4-6-17(15)22-18-7-9-20-10-8-18/h3-6,11H,7-10H2,1-2H3. The Hall–Kier alpha value is -1.14. The van der Waals surface area contributed by atoms with Gasteiger partial charge in [-0.25, -0.2) is 4.31 Å². The summed E-state index contributed by atoms with van der Waals surface area (Å²) in [5.41, 5.74) is 1.93. The Bertz CT molecular complexity index is 675. The van der Waals surface area contributed by atoms with E-state index in [1.165, 1.54) is 14.6 Å². The van der Waals surface area contributed by atoms with Crippen molar-refractivity contribution < 1.29 is 9.53 Å². The van der Waals surface area contributed by atoms with E-state index < -0.39 is 0 Å². The Labute approximate surface area is 139 Å². The van der Waals surface area contributed by atoms with Crippen LogP contribution in [-0.2, 0) is 4.74 Å². The highest BCUT2D eigenvalue weighted by Crippen LogP contribution is 2.37. The van der Waals surface area contributed by atoms with Crippen molar-refractivity contribution >= 4 is 29.1 Å². The van der Waals surface area contributed by atoms with Gasteiger partial charge in [0.1, 0.15) is 0 Å². The summed E-state index contributed by atoms with van der Waals surface area (Å²) in [5, 5.41) is 0. The molecule has 0 saturated carbocycles. The molecule has 1 aromatic heterocycles. The number of hydrogen-bond donors (Lipinski definition) is 0. The summed E-state index contributed by atoms with van der Waals surface area (Å²) in [6.07, 6.45) is 0. The van der Waals surface area contributed by atoms with E-state index in [1.807, 2.05) is 12.1 Å². The largest absolute Gasteiger partial charge is 0.379 e. The van der Waals surface area contributed by atoms with Gasteiger partial charge >= 0.3 is 0 Å². The van der Waals surface area contributed by atoms with Crippen LogP contribution in [0.25, 0.3) is 10.4 Å². The van der Waals surface area contributed by atoms with Crippen molar-refractivity contribution in [1.29, 1.82) is 0 Å². The quantitative estimate of drug-likeness (QED) is 0.617. The van der Waals surface area contributed by atoms with Crippen molar-refractivity contribution in [3.8, 4) is 10.4 Å². The lowest BCUT2D eigenvalue weighted by Gasteiger charge is -2.26. The predicted molar refractivity (Wildman–Crippen MR) is 92.7 cm³/mol. The van der Waals surface area contributed by atoms with Crippen LogP contribution >= 0.6 is 23.3 Å². The first kappa shape index (κ1) is 15.7. The van der Waals surface area contributed by atoms with Crippen LogP contribution in [0.5, 0.6) is 0 Å². The molecule has 5 heteroatoms. The Kier molecular flexibility index (Phi) is 4.98. The van der Waals surface area contributed by atoms with E-state index in [1.54, 1.807) is 30.2 Å². The third-order valence-electron chi connectivity index (χ3n) is 3.59. The van der Waals surface area contributed by atoms with Crippen molar-refractivity contribution in [2.45, 2.75) is 18.7 Å². The lowest BCUT2D eigenvalue weighted by atomic mass is 10.1. The highest BCUT2D eigenvalue weighted by molar-refractivity contribution is 7.97.